The van der Waals surface area contributed by atoms with E-state index in [1.165, 1.54) is 5.56 Å². The second-order valence-electron chi connectivity index (χ2n) is 7.75. The monoisotopic (exact) mass is 447 g/mol. The van der Waals surface area contributed by atoms with Crippen LogP contribution in [0.15, 0.2) is 40.9 Å². The summed E-state index contributed by atoms with van der Waals surface area (Å²) >= 11 is 3.57. The van der Waals surface area contributed by atoms with Crippen molar-refractivity contribution >= 4 is 27.5 Å². The third-order valence-corrected chi connectivity index (χ3v) is 5.05. The maximum atomic E-state index is 12.2. The standard InChI is InChI=1S/C22H26BrNO4/c1-22(2,3)15-6-8-18(17(23)13-15)26-10-4-5-21(25)24-16-7-9-19-20(14-16)28-12-11-27-19/h6-9,13-14H,4-5,10-12H2,1-3H3,(H,24,25). The fourth-order valence-electron chi connectivity index (χ4n) is 2.84. The first-order chi connectivity index (χ1) is 13.3. The quantitative estimate of drug-likeness (QED) is 0.609. The Labute approximate surface area is 174 Å². The number of halogens is 1. The van der Waals surface area contributed by atoms with Crippen LogP contribution in [0.25, 0.3) is 0 Å². The van der Waals surface area contributed by atoms with E-state index >= 15 is 0 Å². The zero-order chi connectivity index (χ0) is 20.1. The Kier molecular flexibility index (Phi) is 6.50. The predicted molar refractivity (Wildman–Crippen MR) is 114 cm³/mol. The highest BCUT2D eigenvalue weighted by Crippen LogP contribution is 2.33. The second-order valence-corrected chi connectivity index (χ2v) is 8.61. The van der Waals surface area contributed by atoms with E-state index in [1.54, 1.807) is 6.07 Å². The molecule has 0 spiro atoms. The number of fused-ring (bicyclic) bond motifs is 1. The minimum absolute atomic E-state index is 0.0533. The largest absolute Gasteiger partial charge is 0.492 e. The van der Waals surface area contributed by atoms with E-state index in [-0.39, 0.29) is 11.3 Å². The molecule has 0 fully saturated rings. The zero-order valence-electron chi connectivity index (χ0n) is 16.5. The van der Waals surface area contributed by atoms with Gasteiger partial charge >= 0.3 is 0 Å². The molecule has 28 heavy (non-hydrogen) atoms. The van der Waals surface area contributed by atoms with Gasteiger partial charge in [-0.3, -0.25) is 4.79 Å². The molecule has 3 rings (SSSR count). The molecule has 150 valence electrons. The molecule has 1 heterocycles. The van der Waals surface area contributed by atoms with Crippen molar-refractivity contribution in [3.05, 3.63) is 46.4 Å². The number of anilines is 1. The number of hydrogen-bond acceptors (Lipinski definition) is 4. The van der Waals surface area contributed by atoms with Crippen molar-refractivity contribution in [1.82, 2.24) is 0 Å². The smallest absolute Gasteiger partial charge is 0.224 e. The topological polar surface area (TPSA) is 56.8 Å². The molecular weight excluding hydrogens is 422 g/mol. The normalized spacial score (nSPS) is 13.1. The molecule has 0 unspecified atom stereocenters. The third-order valence-electron chi connectivity index (χ3n) is 4.43. The van der Waals surface area contributed by atoms with Crippen molar-refractivity contribution in [2.75, 3.05) is 25.1 Å². The third kappa shape index (κ3) is 5.41. The molecular formula is C22H26BrNO4. The van der Waals surface area contributed by atoms with Crippen LogP contribution >= 0.6 is 15.9 Å². The number of ether oxygens (including phenoxy) is 3. The van der Waals surface area contributed by atoms with E-state index in [9.17, 15) is 4.79 Å². The maximum absolute atomic E-state index is 12.2. The van der Waals surface area contributed by atoms with Crippen molar-refractivity contribution in [3.8, 4) is 17.2 Å². The summed E-state index contributed by atoms with van der Waals surface area (Å²) in [6.45, 7) is 8.07. The van der Waals surface area contributed by atoms with Crippen molar-refractivity contribution in [3.63, 3.8) is 0 Å². The number of nitrogens with one attached hydrogen (secondary N) is 1. The minimum atomic E-state index is -0.0533. The summed E-state index contributed by atoms with van der Waals surface area (Å²) in [5.41, 5.74) is 2.04. The number of rotatable bonds is 6. The zero-order valence-corrected chi connectivity index (χ0v) is 18.1. The number of carbonyl (C=O) groups is 1. The van der Waals surface area contributed by atoms with Crippen molar-refractivity contribution < 1.29 is 19.0 Å². The molecule has 1 N–H and O–H groups in total. The van der Waals surface area contributed by atoms with E-state index in [0.717, 1.165) is 10.2 Å². The number of carbonyl (C=O) groups excluding carboxylic acids is 1. The van der Waals surface area contributed by atoms with Gasteiger partial charge < -0.3 is 19.5 Å². The van der Waals surface area contributed by atoms with E-state index in [1.807, 2.05) is 18.2 Å². The lowest BCUT2D eigenvalue weighted by Crippen LogP contribution is -2.16. The fraction of sp³-hybridized carbons (Fsp3) is 0.409. The molecule has 2 aromatic carbocycles. The van der Waals surface area contributed by atoms with Gasteiger partial charge in [-0.1, -0.05) is 26.8 Å². The molecule has 0 saturated carbocycles. The van der Waals surface area contributed by atoms with Crippen LogP contribution in [-0.4, -0.2) is 25.7 Å². The van der Waals surface area contributed by atoms with Crippen LogP contribution in [0.3, 0.4) is 0 Å². The summed E-state index contributed by atoms with van der Waals surface area (Å²) in [6, 6.07) is 11.6. The van der Waals surface area contributed by atoms with E-state index < -0.39 is 0 Å². The molecule has 1 aliphatic rings. The van der Waals surface area contributed by atoms with Crippen LogP contribution in [-0.2, 0) is 10.2 Å². The Balaban J connectivity index is 1.44. The summed E-state index contributed by atoms with van der Waals surface area (Å²) in [4.78, 5) is 12.2. The van der Waals surface area contributed by atoms with Crippen LogP contribution in [0.4, 0.5) is 5.69 Å². The van der Waals surface area contributed by atoms with Gasteiger partial charge in [-0.25, -0.2) is 0 Å². The molecule has 0 radical (unpaired) electrons. The van der Waals surface area contributed by atoms with Crippen LogP contribution in [0, 0.1) is 0 Å². The van der Waals surface area contributed by atoms with Gasteiger partial charge in [0.15, 0.2) is 11.5 Å². The summed E-state index contributed by atoms with van der Waals surface area (Å²) in [5, 5.41) is 2.89. The van der Waals surface area contributed by atoms with Crippen LogP contribution < -0.4 is 19.5 Å². The van der Waals surface area contributed by atoms with Crippen molar-refractivity contribution in [2.45, 2.75) is 39.0 Å². The molecule has 0 saturated heterocycles. The van der Waals surface area contributed by atoms with Gasteiger partial charge in [0.2, 0.25) is 5.91 Å². The first-order valence-corrected chi connectivity index (χ1v) is 10.2. The van der Waals surface area contributed by atoms with E-state index in [4.69, 9.17) is 14.2 Å². The summed E-state index contributed by atoms with van der Waals surface area (Å²) in [5.74, 6) is 2.11. The Bertz CT molecular complexity index is 845. The van der Waals surface area contributed by atoms with Crippen molar-refractivity contribution in [1.29, 1.82) is 0 Å². The fourth-order valence-corrected chi connectivity index (χ4v) is 3.34. The van der Waals surface area contributed by atoms with E-state index in [2.05, 4.69) is 54.2 Å². The highest BCUT2D eigenvalue weighted by molar-refractivity contribution is 9.10. The van der Waals surface area contributed by atoms with Gasteiger partial charge in [-0.2, -0.15) is 0 Å². The summed E-state index contributed by atoms with van der Waals surface area (Å²) < 4.78 is 17.8. The number of benzene rings is 2. The molecule has 6 heteroatoms. The Morgan fingerprint density at radius 2 is 1.86 bits per heavy atom. The minimum Gasteiger partial charge on any atom is -0.492 e. The molecule has 2 aromatic rings. The number of amides is 1. The Morgan fingerprint density at radius 3 is 2.57 bits per heavy atom. The maximum Gasteiger partial charge on any atom is 0.224 e. The number of hydrogen-bond donors (Lipinski definition) is 1. The Hall–Kier alpha value is -2.21. The average Bonchev–Trinajstić information content (AvgIpc) is 2.65. The molecule has 5 nitrogen and oxygen atoms in total. The first-order valence-electron chi connectivity index (χ1n) is 9.45. The lowest BCUT2D eigenvalue weighted by atomic mass is 9.87. The summed E-state index contributed by atoms with van der Waals surface area (Å²) in [7, 11) is 0. The first kappa shape index (κ1) is 20.5. The highest BCUT2D eigenvalue weighted by Gasteiger charge is 2.15. The predicted octanol–water partition coefficient (Wildman–Crippen LogP) is 5.32. The summed E-state index contributed by atoms with van der Waals surface area (Å²) in [6.07, 6.45) is 1.01. The van der Waals surface area contributed by atoms with Gasteiger partial charge in [0.05, 0.1) is 11.1 Å². The molecule has 0 aliphatic carbocycles. The Morgan fingerprint density at radius 1 is 1.11 bits per heavy atom. The van der Waals surface area contributed by atoms with Gasteiger partial charge in [-0.05, 0) is 57.6 Å². The second kappa shape index (κ2) is 8.86. The molecule has 1 aliphatic heterocycles. The lowest BCUT2D eigenvalue weighted by molar-refractivity contribution is -0.116. The van der Waals surface area contributed by atoms with E-state index in [0.29, 0.717) is 49.8 Å². The molecule has 0 atom stereocenters. The average molecular weight is 448 g/mol. The van der Waals surface area contributed by atoms with Crippen molar-refractivity contribution in [2.24, 2.45) is 0 Å². The molecule has 0 bridgehead atoms. The highest BCUT2D eigenvalue weighted by atomic mass is 79.9. The lowest BCUT2D eigenvalue weighted by Gasteiger charge is -2.20. The van der Waals surface area contributed by atoms with Gasteiger partial charge in [0.25, 0.3) is 0 Å². The van der Waals surface area contributed by atoms with Crippen LogP contribution in [0.5, 0.6) is 17.2 Å². The molecule has 0 aromatic heterocycles. The van der Waals surface area contributed by atoms with Gasteiger partial charge in [0, 0.05) is 18.2 Å². The molecule has 1 amide bonds. The SMILES string of the molecule is CC(C)(C)c1ccc(OCCCC(=O)Nc2ccc3c(c2)OCCO3)c(Br)c1. The van der Waals surface area contributed by atoms with Gasteiger partial charge in [-0.15, -0.1) is 0 Å². The van der Waals surface area contributed by atoms with Gasteiger partial charge in [0.1, 0.15) is 19.0 Å². The van der Waals surface area contributed by atoms with Crippen LogP contribution in [0.1, 0.15) is 39.2 Å². The van der Waals surface area contributed by atoms with Crippen LogP contribution in [0.2, 0.25) is 0 Å².